The van der Waals surface area contributed by atoms with Gasteiger partial charge in [0.05, 0.1) is 6.61 Å². The highest BCUT2D eigenvalue weighted by Gasteiger charge is 2.04. The van der Waals surface area contributed by atoms with Crippen molar-refractivity contribution in [2.75, 3.05) is 12.9 Å². The van der Waals surface area contributed by atoms with Gasteiger partial charge in [0.2, 0.25) is 0 Å². The van der Waals surface area contributed by atoms with E-state index in [9.17, 15) is 0 Å². The summed E-state index contributed by atoms with van der Waals surface area (Å²) in [6.45, 7) is -0.0153. The third-order valence-corrected chi connectivity index (χ3v) is 2.14. The Labute approximate surface area is 93.7 Å². The van der Waals surface area contributed by atoms with Crippen LogP contribution >= 0.6 is 24.2 Å². The van der Waals surface area contributed by atoms with E-state index < -0.39 is 0 Å². The van der Waals surface area contributed by atoms with Gasteiger partial charge in [0.1, 0.15) is 0 Å². The highest BCUT2D eigenvalue weighted by Crippen LogP contribution is 2.08. The van der Waals surface area contributed by atoms with E-state index in [4.69, 9.17) is 10.8 Å². The molecule has 1 heterocycles. The zero-order valence-electron chi connectivity index (χ0n) is 7.88. The van der Waals surface area contributed by atoms with E-state index in [1.165, 1.54) is 11.8 Å². The van der Waals surface area contributed by atoms with E-state index in [0.29, 0.717) is 6.42 Å². The number of nitrogens with two attached hydrogens (primary N) is 1. The van der Waals surface area contributed by atoms with Crippen molar-refractivity contribution in [2.45, 2.75) is 17.6 Å². The van der Waals surface area contributed by atoms with Crippen LogP contribution in [0.25, 0.3) is 0 Å². The van der Waals surface area contributed by atoms with Crippen LogP contribution in [0.4, 0.5) is 0 Å². The first-order valence-corrected chi connectivity index (χ1v) is 5.21. The molecule has 0 bridgehead atoms. The molecule has 0 amide bonds. The third kappa shape index (κ3) is 4.23. The number of rotatable bonds is 4. The van der Waals surface area contributed by atoms with Crippen LogP contribution in [0.5, 0.6) is 0 Å². The number of aliphatic hydroxyl groups excluding tert-OH is 1. The molecule has 0 saturated carbocycles. The number of hydrogen-bond acceptors (Lipinski definition) is 5. The minimum absolute atomic E-state index is 0. The average Bonchev–Trinajstić information content (AvgIpc) is 2.18. The molecule has 0 aliphatic carbocycles. The molecule has 3 N–H and O–H groups in total. The van der Waals surface area contributed by atoms with Gasteiger partial charge in [-0.1, -0.05) is 11.8 Å². The maximum absolute atomic E-state index is 8.75. The largest absolute Gasteiger partial charge is 0.395 e. The standard InChI is InChI=1S/C8H13N3OS.ClH/c1-13-8-10-3-2-7(11-8)4-6(9)5-12;/h2-3,6,12H,4-5,9H2,1H3;1H. The number of halogens is 1. The van der Waals surface area contributed by atoms with Crippen LogP contribution < -0.4 is 5.73 Å². The van der Waals surface area contributed by atoms with Crippen molar-refractivity contribution in [3.63, 3.8) is 0 Å². The molecule has 4 nitrogen and oxygen atoms in total. The van der Waals surface area contributed by atoms with E-state index in [1.807, 2.05) is 12.3 Å². The lowest BCUT2D eigenvalue weighted by molar-refractivity contribution is 0.264. The Morgan fingerprint density at radius 3 is 2.93 bits per heavy atom. The predicted molar refractivity (Wildman–Crippen MR) is 59.8 cm³/mol. The lowest BCUT2D eigenvalue weighted by atomic mass is 10.2. The Bertz CT molecular complexity index is 275. The molecule has 0 radical (unpaired) electrons. The fourth-order valence-electron chi connectivity index (χ4n) is 0.921. The molecule has 0 aliphatic heterocycles. The minimum atomic E-state index is -0.232. The highest BCUT2D eigenvalue weighted by atomic mass is 35.5. The monoisotopic (exact) mass is 235 g/mol. The zero-order valence-corrected chi connectivity index (χ0v) is 9.51. The lowest BCUT2D eigenvalue weighted by Crippen LogP contribution is -2.27. The van der Waals surface area contributed by atoms with Crippen LogP contribution in [0, 0.1) is 0 Å². The second-order valence-corrected chi connectivity index (χ2v) is 3.45. The first-order valence-electron chi connectivity index (χ1n) is 3.98. The second kappa shape index (κ2) is 7.00. The summed E-state index contributed by atoms with van der Waals surface area (Å²) >= 11 is 1.49. The second-order valence-electron chi connectivity index (χ2n) is 2.68. The fourth-order valence-corrected chi connectivity index (χ4v) is 1.30. The van der Waals surface area contributed by atoms with Crippen molar-refractivity contribution in [2.24, 2.45) is 5.73 Å². The third-order valence-electron chi connectivity index (χ3n) is 1.58. The van der Waals surface area contributed by atoms with Crippen molar-refractivity contribution in [1.29, 1.82) is 0 Å². The van der Waals surface area contributed by atoms with E-state index in [0.717, 1.165) is 10.9 Å². The van der Waals surface area contributed by atoms with Crippen LogP contribution in [0.3, 0.4) is 0 Å². The number of thioether (sulfide) groups is 1. The normalized spacial score (nSPS) is 11.9. The molecule has 80 valence electrons. The number of hydrogen-bond donors (Lipinski definition) is 2. The molecule has 6 heteroatoms. The summed E-state index contributed by atoms with van der Waals surface area (Å²) in [4.78, 5) is 8.28. The summed E-state index contributed by atoms with van der Waals surface area (Å²) in [5.74, 6) is 0. The Hall–Kier alpha value is -0.360. The quantitative estimate of drug-likeness (QED) is 0.587. The van der Waals surface area contributed by atoms with E-state index in [2.05, 4.69) is 9.97 Å². The van der Waals surface area contributed by atoms with Crippen LogP contribution in [-0.2, 0) is 6.42 Å². The Morgan fingerprint density at radius 1 is 1.64 bits per heavy atom. The Balaban J connectivity index is 0.00000169. The first kappa shape index (κ1) is 13.6. The van der Waals surface area contributed by atoms with Crippen molar-refractivity contribution < 1.29 is 5.11 Å². The van der Waals surface area contributed by atoms with E-state index in [1.54, 1.807) is 6.20 Å². The molecule has 0 aromatic carbocycles. The predicted octanol–water partition coefficient (Wildman–Crippen LogP) is 0.482. The molecular formula is C8H14ClN3OS. The maximum Gasteiger partial charge on any atom is 0.187 e. The Kier molecular flexibility index (Phi) is 6.82. The first-order chi connectivity index (χ1) is 6.26. The van der Waals surface area contributed by atoms with Crippen LogP contribution in [0.2, 0.25) is 0 Å². The van der Waals surface area contributed by atoms with Crippen molar-refractivity contribution in [1.82, 2.24) is 9.97 Å². The molecule has 1 aromatic rings. The molecule has 0 aliphatic rings. The summed E-state index contributed by atoms with van der Waals surface area (Å²) in [5.41, 5.74) is 6.46. The van der Waals surface area contributed by atoms with Gasteiger partial charge in [0, 0.05) is 24.4 Å². The van der Waals surface area contributed by atoms with Gasteiger partial charge in [-0.2, -0.15) is 0 Å². The Morgan fingerprint density at radius 2 is 2.36 bits per heavy atom. The SMILES string of the molecule is CSc1nccc(CC(N)CO)n1.Cl. The average molecular weight is 236 g/mol. The van der Waals surface area contributed by atoms with E-state index in [-0.39, 0.29) is 25.1 Å². The van der Waals surface area contributed by atoms with Gasteiger partial charge in [0.25, 0.3) is 0 Å². The highest BCUT2D eigenvalue weighted by molar-refractivity contribution is 7.98. The van der Waals surface area contributed by atoms with Gasteiger partial charge in [-0.05, 0) is 12.3 Å². The molecule has 14 heavy (non-hydrogen) atoms. The molecule has 1 rings (SSSR count). The van der Waals surface area contributed by atoms with Crippen molar-refractivity contribution >= 4 is 24.2 Å². The minimum Gasteiger partial charge on any atom is -0.395 e. The molecule has 0 saturated heterocycles. The van der Waals surface area contributed by atoms with Crippen molar-refractivity contribution in [3.8, 4) is 0 Å². The summed E-state index contributed by atoms with van der Waals surface area (Å²) in [6.07, 6.45) is 4.22. The fraction of sp³-hybridized carbons (Fsp3) is 0.500. The molecule has 1 atom stereocenters. The topological polar surface area (TPSA) is 72.0 Å². The van der Waals surface area contributed by atoms with Gasteiger partial charge in [0.15, 0.2) is 5.16 Å². The van der Waals surface area contributed by atoms with Gasteiger partial charge in [-0.15, -0.1) is 12.4 Å². The molecule has 0 fully saturated rings. The summed E-state index contributed by atoms with van der Waals surface area (Å²) < 4.78 is 0. The maximum atomic E-state index is 8.75. The molecule has 1 unspecified atom stereocenters. The summed E-state index contributed by atoms with van der Waals surface area (Å²) in [6, 6.07) is 1.58. The van der Waals surface area contributed by atoms with Gasteiger partial charge in [-0.25, -0.2) is 9.97 Å². The molecular weight excluding hydrogens is 222 g/mol. The zero-order chi connectivity index (χ0) is 9.68. The number of nitrogens with zero attached hydrogens (tertiary/aromatic N) is 2. The lowest BCUT2D eigenvalue weighted by Gasteiger charge is -2.06. The summed E-state index contributed by atoms with van der Waals surface area (Å²) in [5, 5.41) is 9.49. The number of aliphatic hydroxyl groups is 1. The smallest absolute Gasteiger partial charge is 0.187 e. The van der Waals surface area contributed by atoms with Gasteiger partial charge >= 0.3 is 0 Å². The van der Waals surface area contributed by atoms with Gasteiger partial charge < -0.3 is 10.8 Å². The van der Waals surface area contributed by atoms with Gasteiger partial charge in [-0.3, -0.25) is 0 Å². The van der Waals surface area contributed by atoms with Crippen LogP contribution in [0.1, 0.15) is 5.69 Å². The molecule has 1 aromatic heterocycles. The van der Waals surface area contributed by atoms with Crippen LogP contribution in [-0.4, -0.2) is 34.0 Å². The molecule has 0 spiro atoms. The van der Waals surface area contributed by atoms with E-state index >= 15 is 0 Å². The van der Waals surface area contributed by atoms with Crippen LogP contribution in [0.15, 0.2) is 17.4 Å². The number of aromatic nitrogens is 2. The van der Waals surface area contributed by atoms with Crippen molar-refractivity contribution in [3.05, 3.63) is 18.0 Å². The summed E-state index contributed by atoms with van der Waals surface area (Å²) in [7, 11) is 0.